The summed E-state index contributed by atoms with van der Waals surface area (Å²) in [5.41, 5.74) is 1.66. The van der Waals surface area contributed by atoms with Crippen LogP contribution in [-0.2, 0) is 10.0 Å². The first-order chi connectivity index (χ1) is 8.25. The topological polar surface area (TPSA) is 57.6 Å². The Morgan fingerprint density at radius 3 is 2.50 bits per heavy atom. The zero-order valence-electron chi connectivity index (χ0n) is 11.3. The number of nitrogens with zero attached hydrogens (tertiary/aromatic N) is 1. The number of benzene rings is 1. The molecule has 0 bridgehead atoms. The van der Waals surface area contributed by atoms with Crippen molar-refractivity contribution in [3.63, 3.8) is 0 Å². The fourth-order valence-electron chi connectivity index (χ4n) is 1.64. The molecule has 0 aliphatic carbocycles. The lowest BCUT2D eigenvalue weighted by Crippen LogP contribution is -2.30. The van der Waals surface area contributed by atoms with Crippen molar-refractivity contribution in [1.82, 2.24) is 4.31 Å². The van der Waals surface area contributed by atoms with E-state index in [1.165, 1.54) is 4.31 Å². The number of sulfonamides is 1. The highest BCUT2D eigenvalue weighted by molar-refractivity contribution is 7.89. The Morgan fingerprint density at radius 2 is 1.94 bits per heavy atom. The molecule has 0 spiro atoms. The minimum absolute atomic E-state index is 0.313. The number of hydrogen-bond acceptors (Lipinski definition) is 3. The van der Waals surface area contributed by atoms with E-state index in [1.54, 1.807) is 27.0 Å². The number of aliphatic hydroxyl groups excluding tert-OH is 1. The molecule has 0 saturated carbocycles. The summed E-state index contributed by atoms with van der Waals surface area (Å²) >= 11 is 0. The van der Waals surface area contributed by atoms with Gasteiger partial charge in [0.1, 0.15) is 0 Å². The fourth-order valence-corrected chi connectivity index (χ4v) is 3.13. The van der Waals surface area contributed by atoms with Crippen LogP contribution in [0.3, 0.4) is 0 Å². The molecule has 0 saturated heterocycles. The van der Waals surface area contributed by atoms with Crippen LogP contribution >= 0.6 is 0 Å². The third-order valence-electron chi connectivity index (χ3n) is 2.89. The standard InChI is InChI=1S/C13H21NO3S/c1-10-5-6-11(2)13(9-10)18(16,17)14(4)8-7-12(3)15/h5-6,9,12,15H,7-8H2,1-4H3. The van der Waals surface area contributed by atoms with Crippen molar-refractivity contribution >= 4 is 10.0 Å². The maximum absolute atomic E-state index is 12.4. The van der Waals surface area contributed by atoms with Crippen LogP contribution in [0, 0.1) is 13.8 Å². The molecule has 4 nitrogen and oxygen atoms in total. The van der Waals surface area contributed by atoms with Crippen LogP contribution in [0.5, 0.6) is 0 Å². The Bertz CT molecular complexity index is 509. The minimum Gasteiger partial charge on any atom is -0.393 e. The molecule has 1 rings (SSSR count). The van der Waals surface area contributed by atoms with Gasteiger partial charge in [-0.05, 0) is 44.4 Å². The van der Waals surface area contributed by atoms with Crippen molar-refractivity contribution in [2.45, 2.75) is 38.2 Å². The fraction of sp³-hybridized carbons (Fsp3) is 0.538. The highest BCUT2D eigenvalue weighted by Crippen LogP contribution is 2.20. The van der Waals surface area contributed by atoms with Gasteiger partial charge in [-0.2, -0.15) is 0 Å². The van der Waals surface area contributed by atoms with Crippen LogP contribution in [0.4, 0.5) is 0 Å². The predicted molar refractivity (Wildman–Crippen MR) is 72.0 cm³/mol. The molecule has 18 heavy (non-hydrogen) atoms. The maximum atomic E-state index is 12.4. The lowest BCUT2D eigenvalue weighted by atomic mass is 10.2. The predicted octanol–water partition coefficient (Wildman–Crippen LogP) is 1.69. The van der Waals surface area contributed by atoms with E-state index in [1.807, 2.05) is 19.1 Å². The largest absolute Gasteiger partial charge is 0.393 e. The van der Waals surface area contributed by atoms with Crippen molar-refractivity contribution in [1.29, 1.82) is 0 Å². The second-order valence-corrected chi connectivity index (χ2v) is 6.75. The van der Waals surface area contributed by atoms with Gasteiger partial charge in [-0.25, -0.2) is 12.7 Å². The molecule has 1 unspecified atom stereocenters. The lowest BCUT2D eigenvalue weighted by Gasteiger charge is -2.19. The van der Waals surface area contributed by atoms with Crippen molar-refractivity contribution in [3.05, 3.63) is 29.3 Å². The summed E-state index contributed by atoms with van der Waals surface area (Å²) in [4.78, 5) is 0.343. The zero-order chi connectivity index (χ0) is 13.9. The molecule has 1 N–H and O–H groups in total. The summed E-state index contributed by atoms with van der Waals surface area (Å²) in [6, 6.07) is 5.39. The Morgan fingerprint density at radius 1 is 1.33 bits per heavy atom. The molecule has 102 valence electrons. The maximum Gasteiger partial charge on any atom is 0.243 e. The molecule has 1 aromatic carbocycles. The first-order valence-corrected chi connectivity index (χ1v) is 7.41. The van der Waals surface area contributed by atoms with E-state index in [4.69, 9.17) is 0 Å². The lowest BCUT2D eigenvalue weighted by molar-refractivity contribution is 0.177. The summed E-state index contributed by atoms with van der Waals surface area (Å²) in [5, 5.41) is 9.21. The number of rotatable bonds is 5. The third-order valence-corrected chi connectivity index (χ3v) is 4.89. The van der Waals surface area contributed by atoms with E-state index >= 15 is 0 Å². The van der Waals surface area contributed by atoms with Gasteiger partial charge in [0.15, 0.2) is 0 Å². The molecule has 1 aromatic rings. The molecule has 0 heterocycles. The summed E-state index contributed by atoms with van der Waals surface area (Å²) in [6.07, 6.45) is -0.0677. The summed E-state index contributed by atoms with van der Waals surface area (Å²) in [6.45, 7) is 5.62. The molecule has 1 atom stereocenters. The molecule has 0 aliphatic rings. The summed E-state index contributed by atoms with van der Waals surface area (Å²) < 4.78 is 26.0. The van der Waals surface area contributed by atoms with E-state index in [9.17, 15) is 13.5 Å². The Labute approximate surface area is 109 Å². The molecular weight excluding hydrogens is 250 g/mol. The molecule has 0 aromatic heterocycles. The van der Waals surface area contributed by atoms with Crippen LogP contribution in [-0.4, -0.2) is 37.5 Å². The summed E-state index contributed by atoms with van der Waals surface area (Å²) in [7, 11) is -1.92. The second-order valence-electron chi connectivity index (χ2n) is 4.73. The van der Waals surface area contributed by atoms with Gasteiger partial charge in [-0.15, -0.1) is 0 Å². The van der Waals surface area contributed by atoms with Gasteiger partial charge < -0.3 is 5.11 Å². The van der Waals surface area contributed by atoms with Crippen molar-refractivity contribution in [2.75, 3.05) is 13.6 Å². The monoisotopic (exact) mass is 271 g/mol. The van der Waals surface area contributed by atoms with Gasteiger partial charge in [0.05, 0.1) is 11.0 Å². The van der Waals surface area contributed by atoms with Crippen LogP contribution in [0.2, 0.25) is 0 Å². The van der Waals surface area contributed by atoms with Gasteiger partial charge in [0, 0.05) is 13.6 Å². The zero-order valence-corrected chi connectivity index (χ0v) is 12.2. The van der Waals surface area contributed by atoms with Gasteiger partial charge in [0.25, 0.3) is 0 Å². The summed E-state index contributed by atoms with van der Waals surface area (Å²) in [5.74, 6) is 0. The van der Waals surface area contributed by atoms with Crippen LogP contribution in [0.15, 0.2) is 23.1 Å². The first kappa shape index (κ1) is 15.1. The third kappa shape index (κ3) is 3.54. The molecule has 0 radical (unpaired) electrons. The second kappa shape index (κ2) is 5.82. The average molecular weight is 271 g/mol. The molecule has 5 heteroatoms. The quantitative estimate of drug-likeness (QED) is 0.886. The Balaban J connectivity index is 3.02. The average Bonchev–Trinajstić information content (AvgIpc) is 2.28. The highest BCUT2D eigenvalue weighted by Gasteiger charge is 2.22. The smallest absolute Gasteiger partial charge is 0.243 e. The number of aliphatic hydroxyl groups is 1. The number of aryl methyl sites for hydroxylation is 2. The van der Waals surface area contributed by atoms with E-state index < -0.39 is 16.1 Å². The van der Waals surface area contributed by atoms with Crippen LogP contribution < -0.4 is 0 Å². The first-order valence-electron chi connectivity index (χ1n) is 5.97. The van der Waals surface area contributed by atoms with E-state index in [0.717, 1.165) is 11.1 Å². The van der Waals surface area contributed by atoms with E-state index in [0.29, 0.717) is 17.9 Å². The van der Waals surface area contributed by atoms with Crippen LogP contribution in [0.25, 0.3) is 0 Å². The number of hydrogen-bond donors (Lipinski definition) is 1. The van der Waals surface area contributed by atoms with E-state index in [-0.39, 0.29) is 0 Å². The van der Waals surface area contributed by atoms with E-state index in [2.05, 4.69) is 0 Å². The minimum atomic E-state index is -3.47. The van der Waals surface area contributed by atoms with Crippen molar-refractivity contribution in [2.24, 2.45) is 0 Å². The molecule has 0 aliphatic heterocycles. The Hall–Kier alpha value is -0.910. The van der Waals surface area contributed by atoms with Crippen molar-refractivity contribution < 1.29 is 13.5 Å². The van der Waals surface area contributed by atoms with Gasteiger partial charge in [-0.1, -0.05) is 12.1 Å². The van der Waals surface area contributed by atoms with Crippen molar-refractivity contribution in [3.8, 4) is 0 Å². The normalized spacial score (nSPS) is 13.9. The molecular formula is C13H21NO3S. The Kier molecular flexibility index (Phi) is 4.90. The molecule has 0 fully saturated rings. The van der Waals surface area contributed by atoms with Gasteiger partial charge >= 0.3 is 0 Å². The van der Waals surface area contributed by atoms with Crippen LogP contribution in [0.1, 0.15) is 24.5 Å². The van der Waals surface area contributed by atoms with Gasteiger partial charge in [-0.3, -0.25) is 0 Å². The SMILES string of the molecule is Cc1ccc(C)c(S(=O)(=O)N(C)CCC(C)O)c1. The van der Waals surface area contributed by atoms with Gasteiger partial charge in [0.2, 0.25) is 10.0 Å². The highest BCUT2D eigenvalue weighted by atomic mass is 32.2. The molecule has 0 amide bonds.